The standard InChI is InChI=1S/C17H19N3O3/c1-12-15(17(22)20-7-8-23-11-14(21)10-20)9-18-16(19-12)13-5-3-2-4-6-13/h2-6,9,14,21H,7-8,10-11H2,1H3/t14-/m1/s1. The maximum atomic E-state index is 12.6. The highest BCUT2D eigenvalue weighted by atomic mass is 16.5. The van der Waals surface area contributed by atoms with Crippen molar-refractivity contribution in [2.75, 3.05) is 26.3 Å². The number of benzene rings is 1. The molecular weight excluding hydrogens is 294 g/mol. The van der Waals surface area contributed by atoms with Crippen LogP contribution in [0.5, 0.6) is 0 Å². The minimum absolute atomic E-state index is 0.174. The van der Waals surface area contributed by atoms with Gasteiger partial charge in [-0.3, -0.25) is 4.79 Å². The van der Waals surface area contributed by atoms with Gasteiger partial charge < -0.3 is 14.7 Å². The van der Waals surface area contributed by atoms with E-state index in [0.717, 1.165) is 5.56 Å². The molecule has 0 aliphatic carbocycles. The van der Waals surface area contributed by atoms with Crippen molar-refractivity contribution in [3.63, 3.8) is 0 Å². The van der Waals surface area contributed by atoms with Gasteiger partial charge in [0, 0.05) is 24.8 Å². The topological polar surface area (TPSA) is 75.6 Å². The molecule has 1 saturated heterocycles. The number of aliphatic hydroxyl groups is 1. The number of hydrogen-bond acceptors (Lipinski definition) is 5. The molecule has 3 rings (SSSR count). The number of carbonyl (C=O) groups is 1. The van der Waals surface area contributed by atoms with Crippen LogP contribution in [0, 0.1) is 6.92 Å². The SMILES string of the molecule is Cc1nc(-c2ccccc2)ncc1C(=O)N1CCOC[C@H](O)C1. The lowest BCUT2D eigenvalue weighted by atomic mass is 10.1. The number of rotatable bonds is 2. The minimum Gasteiger partial charge on any atom is -0.389 e. The van der Waals surface area contributed by atoms with Crippen LogP contribution in [0.4, 0.5) is 0 Å². The number of β-amino-alcohol motifs (C(OH)–C–C–N with tert-alkyl or cyclic N) is 1. The predicted octanol–water partition coefficient (Wildman–Crippen LogP) is 1.29. The molecule has 2 heterocycles. The van der Waals surface area contributed by atoms with Gasteiger partial charge in [-0.25, -0.2) is 9.97 Å². The Morgan fingerprint density at radius 1 is 1.35 bits per heavy atom. The summed E-state index contributed by atoms with van der Waals surface area (Å²) >= 11 is 0. The van der Waals surface area contributed by atoms with Gasteiger partial charge in [0.15, 0.2) is 5.82 Å². The molecule has 1 aliphatic rings. The maximum Gasteiger partial charge on any atom is 0.257 e. The van der Waals surface area contributed by atoms with Gasteiger partial charge in [0.1, 0.15) is 0 Å². The normalized spacial score (nSPS) is 18.5. The summed E-state index contributed by atoms with van der Waals surface area (Å²) in [7, 11) is 0. The van der Waals surface area contributed by atoms with Crippen LogP contribution < -0.4 is 0 Å². The van der Waals surface area contributed by atoms with Crippen molar-refractivity contribution in [3.05, 3.63) is 47.8 Å². The first-order valence-electron chi connectivity index (χ1n) is 7.59. The van der Waals surface area contributed by atoms with Crippen LogP contribution in [0.15, 0.2) is 36.5 Å². The molecular formula is C17H19N3O3. The summed E-state index contributed by atoms with van der Waals surface area (Å²) in [5.74, 6) is 0.422. The van der Waals surface area contributed by atoms with Crippen molar-refractivity contribution in [1.29, 1.82) is 0 Å². The number of aromatic nitrogens is 2. The first-order chi connectivity index (χ1) is 11.1. The number of ether oxygens (including phenoxy) is 1. The highest BCUT2D eigenvalue weighted by Crippen LogP contribution is 2.17. The van der Waals surface area contributed by atoms with Crippen LogP contribution in [-0.4, -0.2) is 58.3 Å². The Morgan fingerprint density at radius 3 is 2.87 bits per heavy atom. The molecule has 1 atom stereocenters. The smallest absolute Gasteiger partial charge is 0.257 e. The van der Waals surface area contributed by atoms with Gasteiger partial charge in [0.05, 0.1) is 30.6 Å². The van der Waals surface area contributed by atoms with Gasteiger partial charge >= 0.3 is 0 Å². The number of carbonyl (C=O) groups excluding carboxylic acids is 1. The Bertz CT molecular complexity index is 691. The number of aliphatic hydroxyl groups excluding tert-OH is 1. The molecule has 1 amide bonds. The molecule has 1 fully saturated rings. The summed E-state index contributed by atoms with van der Waals surface area (Å²) in [6.07, 6.45) is 0.900. The fourth-order valence-electron chi connectivity index (χ4n) is 2.55. The molecule has 120 valence electrons. The maximum absolute atomic E-state index is 12.6. The van der Waals surface area contributed by atoms with Crippen molar-refractivity contribution in [2.45, 2.75) is 13.0 Å². The quantitative estimate of drug-likeness (QED) is 0.904. The van der Waals surface area contributed by atoms with Crippen LogP contribution >= 0.6 is 0 Å². The van der Waals surface area contributed by atoms with E-state index in [2.05, 4.69) is 9.97 Å². The van der Waals surface area contributed by atoms with E-state index in [9.17, 15) is 9.90 Å². The molecule has 6 heteroatoms. The first-order valence-corrected chi connectivity index (χ1v) is 7.59. The van der Waals surface area contributed by atoms with E-state index in [1.54, 1.807) is 18.0 Å². The van der Waals surface area contributed by atoms with Gasteiger partial charge in [-0.05, 0) is 6.92 Å². The third kappa shape index (κ3) is 3.55. The molecule has 0 spiro atoms. The largest absolute Gasteiger partial charge is 0.389 e. The second-order valence-electron chi connectivity index (χ2n) is 5.54. The van der Waals surface area contributed by atoms with E-state index in [-0.39, 0.29) is 19.1 Å². The summed E-state index contributed by atoms with van der Waals surface area (Å²) in [6.45, 7) is 3.19. The summed E-state index contributed by atoms with van der Waals surface area (Å²) in [5.41, 5.74) is 2.00. The number of hydrogen-bond donors (Lipinski definition) is 1. The van der Waals surface area contributed by atoms with Crippen molar-refractivity contribution in [2.24, 2.45) is 0 Å². The van der Waals surface area contributed by atoms with Gasteiger partial charge in [-0.1, -0.05) is 30.3 Å². The average molecular weight is 313 g/mol. The third-order valence-corrected chi connectivity index (χ3v) is 3.78. The summed E-state index contributed by atoms with van der Waals surface area (Å²) in [4.78, 5) is 23.0. The third-order valence-electron chi connectivity index (χ3n) is 3.78. The van der Waals surface area contributed by atoms with E-state index in [0.29, 0.717) is 30.2 Å². The molecule has 0 radical (unpaired) electrons. The van der Waals surface area contributed by atoms with Crippen molar-refractivity contribution in [1.82, 2.24) is 14.9 Å². The Labute approximate surface area is 134 Å². The van der Waals surface area contributed by atoms with Crippen molar-refractivity contribution in [3.8, 4) is 11.4 Å². The van der Waals surface area contributed by atoms with E-state index in [1.807, 2.05) is 30.3 Å². The Morgan fingerprint density at radius 2 is 2.13 bits per heavy atom. The second-order valence-corrected chi connectivity index (χ2v) is 5.54. The van der Waals surface area contributed by atoms with Gasteiger partial charge in [-0.15, -0.1) is 0 Å². The highest BCUT2D eigenvalue weighted by Gasteiger charge is 2.24. The van der Waals surface area contributed by atoms with Crippen LogP contribution in [0.25, 0.3) is 11.4 Å². The monoisotopic (exact) mass is 313 g/mol. The molecule has 1 aromatic heterocycles. The average Bonchev–Trinajstić information content (AvgIpc) is 2.79. The molecule has 1 aromatic carbocycles. The zero-order chi connectivity index (χ0) is 16.2. The lowest BCUT2D eigenvalue weighted by molar-refractivity contribution is 0.0534. The molecule has 23 heavy (non-hydrogen) atoms. The van der Waals surface area contributed by atoms with E-state index < -0.39 is 6.10 Å². The molecule has 2 aromatic rings. The van der Waals surface area contributed by atoms with Crippen molar-refractivity contribution < 1.29 is 14.6 Å². The summed E-state index contributed by atoms with van der Waals surface area (Å²) in [5, 5.41) is 9.77. The van der Waals surface area contributed by atoms with E-state index in [4.69, 9.17) is 4.74 Å². The lowest BCUT2D eigenvalue weighted by Gasteiger charge is -2.21. The summed E-state index contributed by atoms with van der Waals surface area (Å²) in [6, 6.07) is 9.63. The molecule has 1 N–H and O–H groups in total. The van der Waals surface area contributed by atoms with Crippen LogP contribution in [0.2, 0.25) is 0 Å². The van der Waals surface area contributed by atoms with Crippen LogP contribution in [0.3, 0.4) is 0 Å². The lowest BCUT2D eigenvalue weighted by Crippen LogP contribution is -2.38. The molecule has 0 bridgehead atoms. The van der Waals surface area contributed by atoms with Crippen LogP contribution in [-0.2, 0) is 4.74 Å². The Balaban J connectivity index is 1.84. The predicted molar refractivity (Wildman–Crippen MR) is 84.9 cm³/mol. The molecule has 0 unspecified atom stereocenters. The van der Waals surface area contributed by atoms with Gasteiger partial charge in [0.2, 0.25) is 0 Å². The van der Waals surface area contributed by atoms with E-state index in [1.165, 1.54) is 0 Å². The molecule has 6 nitrogen and oxygen atoms in total. The molecule has 1 aliphatic heterocycles. The second kappa shape index (κ2) is 6.85. The van der Waals surface area contributed by atoms with Gasteiger partial charge in [0.25, 0.3) is 5.91 Å². The molecule has 0 saturated carbocycles. The first kappa shape index (κ1) is 15.6. The number of nitrogens with zero attached hydrogens (tertiary/aromatic N) is 3. The van der Waals surface area contributed by atoms with Crippen molar-refractivity contribution >= 4 is 5.91 Å². The zero-order valence-electron chi connectivity index (χ0n) is 13.0. The van der Waals surface area contributed by atoms with E-state index >= 15 is 0 Å². The highest BCUT2D eigenvalue weighted by molar-refractivity contribution is 5.95. The fraction of sp³-hybridized carbons (Fsp3) is 0.353. The summed E-state index contributed by atoms with van der Waals surface area (Å²) < 4.78 is 5.26. The fourth-order valence-corrected chi connectivity index (χ4v) is 2.55. The minimum atomic E-state index is -0.661. The Hall–Kier alpha value is -2.31. The number of amides is 1. The Kier molecular flexibility index (Phi) is 4.64. The van der Waals surface area contributed by atoms with Crippen LogP contribution in [0.1, 0.15) is 16.1 Å². The van der Waals surface area contributed by atoms with Gasteiger partial charge in [-0.2, -0.15) is 0 Å². The zero-order valence-corrected chi connectivity index (χ0v) is 13.0. The number of aryl methyl sites for hydroxylation is 1.